The van der Waals surface area contributed by atoms with Crippen LogP contribution in [-0.4, -0.2) is 18.2 Å². The number of carbonyl (C=O) groups excluding carboxylic acids is 2. The first-order valence-electron chi connectivity index (χ1n) is 6.57. The molecule has 0 saturated carbocycles. The highest BCUT2D eigenvalue weighted by Crippen LogP contribution is 2.23. The van der Waals surface area contributed by atoms with E-state index in [2.05, 4.69) is 5.32 Å². The standard InChI is InChI=1S/C16H13ClN2O2/c17-11-3-4-12(14(18)8-11)15(20)10-2-1-9-5-6-19-16(21)13(9)7-10/h1-4,7-8H,5-6,18H2,(H,19,21). The van der Waals surface area contributed by atoms with Crippen LogP contribution in [0.15, 0.2) is 36.4 Å². The number of nitrogens with one attached hydrogen (secondary N) is 1. The molecule has 0 aliphatic carbocycles. The van der Waals surface area contributed by atoms with Crippen LogP contribution in [0.25, 0.3) is 0 Å². The van der Waals surface area contributed by atoms with Crippen LogP contribution in [0.2, 0.25) is 5.02 Å². The summed E-state index contributed by atoms with van der Waals surface area (Å²) in [4.78, 5) is 24.4. The van der Waals surface area contributed by atoms with E-state index >= 15 is 0 Å². The third-order valence-electron chi connectivity index (χ3n) is 3.55. The quantitative estimate of drug-likeness (QED) is 0.661. The zero-order chi connectivity index (χ0) is 15.0. The van der Waals surface area contributed by atoms with Gasteiger partial charge in [-0.15, -0.1) is 0 Å². The topological polar surface area (TPSA) is 72.2 Å². The number of nitrogens with two attached hydrogens (primary N) is 1. The third-order valence-corrected chi connectivity index (χ3v) is 3.79. The van der Waals surface area contributed by atoms with E-state index in [4.69, 9.17) is 17.3 Å². The van der Waals surface area contributed by atoms with Gasteiger partial charge in [-0.2, -0.15) is 0 Å². The zero-order valence-electron chi connectivity index (χ0n) is 11.2. The predicted molar refractivity (Wildman–Crippen MR) is 81.8 cm³/mol. The number of anilines is 1. The van der Waals surface area contributed by atoms with Crippen LogP contribution in [0.4, 0.5) is 5.69 Å². The Morgan fingerprint density at radius 2 is 2.00 bits per heavy atom. The third kappa shape index (κ3) is 2.50. The van der Waals surface area contributed by atoms with Gasteiger partial charge in [-0.3, -0.25) is 9.59 Å². The van der Waals surface area contributed by atoms with Gasteiger partial charge < -0.3 is 11.1 Å². The summed E-state index contributed by atoms with van der Waals surface area (Å²) < 4.78 is 0. The molecule has 21 heavy (non-hydrogen) atoms. The SMILES string of the molecule is Nc1cc(Cl)ccc1C(=O)c1ccc2c(c1)C(=O)NCC2. The molecule has 2 aromatic rings. The van der Waals surface area contributed by atoms with Crippen molar-refractivity contribution in [3.8, 4) is 0 Å². The zero-order valence-corrected chi connectivity index (χ0v) is 11.9. The molecule has 3 N–H and O–H groups in total. The first-order chi connectivity index (χ1) is 10.1. The summed E-state index contributed by atoms with van der Waals surface area (Å²) in [6.07, 6.45) is 0.776. The lowest BCUT2D eigenvalue weighted by Gasteiger charge is -2.17. The summed E-state index contributed by atoms with van der Waals surface area (Å²) >= 11 is 5.84. The molecular formula is C16H13ClN2O2. The molecule has 3 rings (SSSR count). The Morgan fingerprint density at radius 1 is 1.19 bits per heavy atom. The highest BCUT2D eigenvalue weighted by molar-refractivity contribution is 6.31. The molecule has 4 nitrogen and oxygen atoms in total. The number of ketones is 1. The number of hydrogen-bond donors (Lipinski definition) is 2. The van der Waals surface area contributed by atoms with Crippen molar-refractivity contribution < 1.29 is 9.59 Å². The monoisotopic (exact) mass is 300 g/mol. The van der Waals surface area contributed by atoms with Gasteiger partial charge in [-0.05, 0) is 36.2 Å². The molecule has 0 radical (unpaired) electrons. The Bertz CT molecular complexity index is 756. The van der Waals surface area contributed by atoms with Crippen LogP contribution >= 0.6 is 11.6 Å². The predicted octanol–water partition coefficient (Wildman–Crippen LogP) is 2.44. The average Bonchev–Trinajstić information content (AvgIpc) is 2.47. The largest absolute Gasteiger partial charge is 0.398 e. The fourth-order valence-corrected chi connectivity index (χ4v) is 2.63. The molecule has 0 atom stereocenters. The summed E-state index contributed by atoms with van der Waals surface area (Å²) in [5, 5.41) is 3.25. The van der Waals surface area contributed by atoms with Crippen molar-refractivity contribution in [1.29, 1.82) is 0 Å². The summed E-state index contributed by atoms with van der Waals surface area (Å²) in [6.45, 7) is 0.628. The van der Waals surface area contributed by atoms with E-state index in [0.717, 1.165) is 12.0 Å². The maximum absolute atomic E-state index is 12.5. The molecule has 0 saturated heterocycles. The Hall–Kier alpha value is -2.33. The second-order valence-corrected chi connectivity index (χ2v) is 5.37. The molecule has 0 aromatic heterocycles. The van der Waals surface area contributed by atoms with Crippen molar-refractivity contribution in [2.75, 3.05) is 12.3 Å². The van der Waals surface area contributed by atoms with E-state index in [9.17, 15) is 9.59 Å². The Morgan fingerprint density at radius 3 is 2.76 bits per heavy atom. The molecule has 1 heterocycles. The van der Waals surface area contributed by atoms with Crippen LogP contribution in [0.1, 0.15) is 31.8 Å². The van der Waals surface area contributed by atoms with Crippen molar-refractivity contribution in [3.63, 3.8) is 0 Å². The second-order valence-electron chi connectivity index (χ2n) is 4.94. The van der Waals surface area contributed by atoms with Gasteiger partial charge in [-0.1, -0.05) is 23.7 Å². The van der Waals surface area contributed by atoms with Gasteiger partial charge in [0.25, 0.3) is 5.91 Å². The van der Waals surface area contributed by atoms with Crippen LogP contribution in [-0.2, 0) is 6.42 Å². The molecule has 1 aliphatic heterocycles. The van der Waals surface area contributed by atoms with Gasteiger partial charge in [0.05, 0.1) is 0 Å². The number of amides is 1. The number of nitrogen functional groups attached to an aromatic ring is 1. The van der Waals surface area contributed by atoms with E-state index in [1.165, 1.54) is 0 Å². The molecule has 2 aromatic carbocycles. The molecule has 1 aliphatic rings. The van der Waals surface area contributed by atoms with Gasteiger partial charge in [-0.25, -0.2) is 0 Å². The number of carbonyl (C=O) groups is 2. The van der Waals surface area contributed by atoms with E-state index in [1.54, 1.807) is 30.3 Å². The number of hydrogen-bond acceptors (Lipinski definition) is 3. The number of rotatable bonds is 2. The van der Waals surface area contributed by atoms with Gasteiger partial charge >= 0.3 is 0 Å². The molecular weight excluding hydrogens is 288 g/mol. The lowest BCUT2D eigenvalue weighted by Crippen LogP contribution is -2.32. The number of benzene rings is 2. The Balaban J connectivity index is 2.02. The van der Waals surface area contributed by atoms with Crippen molar-refractivity contribution in [1.82, 2.24) is 5.32 Å². The van der Waals surface area contributed by atoms with Gasteiger partial charge in [0.2, 0.25) is 0 Å². The minimum Gasteiger partial charge on any atom is -0.398 e. The number of halogens is 1. The van der Waals surface area contributed by atoms with Crippen molar-refractivity contribution >= 4 is 29.0 Å². The first-order valence-corrected chi connectivity index (χ1v) is 6.95. The van der Waals surface area contributed by atoms with E-state index in [0.29, 0.717) is 33.9 Å². The van der Waals surface area contributed by atoms with E-state index in [1.807, 2.05) is 6.07 Å². The van der Waals surface area contributed by atoms with Crippen LogP contribution < -0.4 is 11.1 Å². The van der Waals surface area contributed by atoms with Gasteiger partial charge in [0.1, 0.15) is 0 Å². The highest BCUT2D eigenvalue weighted by atomic mass is 35.5. The lowest BCUT2D eigenvalue weighted by molar-refractivity contribution is 0.0946. The molecule has 0 fully saturated rings. The fraction of sp³-hybridized carbons (Fsp3) is 0.125. The van der Waals surface area contributed by atoms with E-state index < -0.39 is 0 Å². The van der Waals surface area contributed by atoms with Crippen molar-refractivity contribution in [2.45, 2.75) is 6.42 Å². The molecule has 5 heteroatoms. The Kier molecular flexibility index (Phi) is 3.39. The van der Waals surface area contributed by atoms with Gasteiger partial charge in [0, 0.05) is 33.9 Å². The molecule has 106 valence electrons. The van der Waals surface area contributed by atoms with Crippen molar-refractivity contribution in [3.05, 3.63) is 63.7 Å². The minimum atomic E-state index is -0.217. The molecule has 0 spiro atoms. The smallest absolute Gasteiger partial charge is 0.251 e. The maximum atomic E-state index is 12.5. The van der Waals surface area contributed by atoms with Crippen molar-refractivity contribution in [2.24, 2.45) is 0 Å². The summed E-state index contributed by atoms with van der Waals surface area (Å²) in [5.41, 5.74) is 8.51. The minimum absolute atomic E-state index is 0.144. The molecule has 0 unspecified atom stereocenters. The van der Waals surface area contributed by atoms with Crippen LogP contribution in [0, 0.1) is 0 Å². The average molecular weight is 301 g/mol. The molecule has 1 amide bonds. The number of fused-ring (bicyclic) bond motifs is 1. The van der Waals surface area contributed by atoms with Crippen LogP contribution in [0.3, 0.4) is 0 Å². The molecule has 0 bridgehead atoms. The summed E-state index contributed by atoms with van der Waals surface area (Å²) in [5.74, 6) is -0.361. The van der Waals surface area contributed by atoms with Crippen LogP contribution in [0.5, 0.6) is 0 Å². The van der Waals surface area contributed by atoms with E-state index in [-0.39, 0.29) is 11.7 Å². The maximum Gasteiger partial charge on any atom is 0.251 e. The first kappa shape index (κ1) is 13.6. The summed E-state index contributed by atoms with van der Waals surface area (Å²) in [7, 11) is 0. The Labute approximate surface area is 126 Å². The summed E-state index contributed by atoms with van der Waals surface area (Å²) in [6, 6.07) is 9.94. The highest BCUT2D eigenvalue weighted by Gasteiger charge is 2.20. The normalized spacial score (nSPS) is 13.5. The van der Waals surface area contributed by atoms with Gasteiger partial charge in [0.15, 0.2) is 5.78 Å². The lowest BCUT2D eigenvalue weighted by atomic mass is 9.94. The fourth-order valence-electron chi connectivity index (χ4n) is 2.45. The second kappa shape index (κ2) is 5.22.